The standard InChI is InChI=1S/C23H22BrCl2NO2.ClH/c1-15-3-5-16(6-4-15)12-27-13-18-9-19(24)23(22(11-18)28-2)29-14-17-7-8-20(25)21(26)10-17;/h3-11,27H,12-14H2,1-2H3;1H. The molecule has 0 heterocycles. The van der Waals surface area contributed by atoms with Crippen molar-refractivity contribution in [2.75, 3.05) is 7.11 Å². The maximum Gasteiger partial charge on any atom is 0.175 e. The molecular weight excluding hydrogens is 509 g/mol. The SMILES string of the molecule is COc1cc(CNCc2ccc(C)cc2)cc(Br)c1OCc1ccc(Cl)c(Cl)c1.Cl. The highest BCUT2D eigenvalue weighted by atomic mass is 79.9. The van der Waals surface area contributed by atoms with Gasteiger partial charge in [-0.05, 0) is 63.8 Å². The predicted molar refractivity (Wildman–Crippen MR) is 130 cm³/mol. The van der Waals surface area contributed by atoms with Crippen molar-refractivity contribution in [3.05, 3.63) is 91.4 Å². The van der Waals surface area contributed by atoms with Crippen LogP contribution < -0.4 is 14.8 Å². The number of rotatable bonds is 8. The van der Waals surface area contributed by atoms with Crippen molar-refractivity contribution in [3.63, 3.8) is 0 Å². The molecule has 0 aliphatic rings. The zero-order valence-electron chi connectivity index (χ0n) is 16.7. The Morgan fingerprint density at radius 2 is 1.53 bits per heavy atom. The Morgan fingerprint density at radius 3 is 2.20 bits per heavy atom. The first-order chi connectivity index (χ1) is 14.0. The number of hydrogen-bond acceptors (Lipinski definition) is 3. The van der Waals surface area contributed by atoms with Gasteiger partial charge in [-0.2, -0.15) is 0 Å². The fraction of sp³-hybridized carbons (Fsp3) is 0.217. The summed E-state index contributed by atoms with van der Waals surface area (Å²) >= 11 is 15.7. The minimum atomic E-state index is 0. The summed E-state index contributed by atoms with van der Waals surface area (Å²) in [5.41, 5.74) is 4.54. The van der Waals surface area contributed by atoms with Crippen molar-refractivity contribution in [1.82, 2.24) is 5.32 Å². The van der Waals surface area contributed by atoms with Gasteiger partial charge in [-0.25, -0.2) is 0 Å². The van der Waals surface area contributed by atoms with E-state index in [-0.39, 0.29) is 12.4 Å². The Kier molecular flexibility index (Phi) is 9.79. The van der Waals surface area contributed by atoms with E-state index in [4.69, 9.17) is 32.7 Å². The second-order valence-corrected chi connectivity index (χ2v) is 8.40. The van der Waals surface area contributed by atoms with Gasteiger partial charge in [0.05, 0.1) is 21.6 Å². The molecule has 0 aliphatic heterocycles. The molecule has 0 atom stereocenters. The number of benzene rings is 3. The molecule has 3 nitrogen and oxygen atoms in total. The molecule has 0 fully saturated rings. The summed E-state index contributed by atoms with van der Waals surface area (Å²) < 4.78 is 12.4. The van der Waals surface area contributed by atoms with Gasteiger partial charge in [0.15, 0.2) is 11.5 Å². The van der Waals surface area contributed by atoms with E-state index in [1.54, 1.807) is 19.2 Å². The summed E-state index contributed by atoms with van der Waals surface area (Å²) in [6.45, 7) is 3.97. The monoisotopic (exact) mass is 529 g/mol. The molecule has 0 aliphatic carbocycles. The average molecular weight is 532 g/mol. The second kappa shape index (κ2) is 11.8. The van der Waals surface area contributed by atoms with Crippen LogP contribution in [0.3, 0.4) is 0 Å². The van der Waals surface area contributed by atoms with E-state index in [0.717, 1.165) is 28.7 Å². The number of methoxy groups -OCH3 is 1. The molecule has 30 heavy (non-hydrogen) atoms. The van der Waals surface area contributed by atoms with E-state index in [2.05, 4.69) is 52.4 Å². The van der Waals surface area contributed by atoms with Gasteiger partial charge in [0.25, 0.3) is 0 Å². The normalized spacial score (nSPS) is 10.4. The molecule has 7 heteroatoms. The quantitative estimate of drug-likeness (QED) is 0.329. The van der Waals surface area contributed by atoms with Crippen LogP contribution >= 0.6 is 51.5 Å². The Balaban J connectivity index is 0.00000320. The highest BCUT2D eigenvalue weighted by Gasteiger charge is 2.12. The maximum absolute atomic E-state index is 6.08. The number of ether oxygens (including phenoxy) is 2. The van der Waals surface area contributed by atoms with Crippen LogP contribution in [0, 0.1) is 6.92 Å². The van der Waals surface area contributed by atoms with Crippen LogP contribution in [0.4, 0.5) is 0 Å². The first-order valence-corrected chi connectivity index (χ1v) is 10.7. The smallest absolute Gasteiger partial charge is 0.175 e. The summed E-state index contributed by atoms with van der Waals surface area (Å²) in [6.07, 6.45) is 0. The Bertz CT molecular complexity index is 981. The van der Waals surface area contributed by atoms with Crippen LogP contribution in [-0.4, -0.2) is 7.11 Å². The molecule has 0 amide bonds. The topological polar surface area (TPSA) is 30.5 Å². The van der Waals surface area contributed by atoms with Gasteiger partial charge in [0.2, 0.25) is 0 Å². The van der Waals surface area contributed by atoms with E-state index in [1.807, 2.05) is 18.2 Å². The molecule has 0 saturated carbocycles. The molecule has 0 bridgehead atoms. The third-order valence-corrected chi connectivity index (χ3v) is 5.76. The van der Waals surface area contributed by atoms with Crippen LogP contribution in [0.2, 0.25) is 10.0 Å². The lowest BCUT2D eigenvalue weighted by molar-refractivity contribution is 0.282. The van der Waals surface area contributed by atoms with Gasteiger partial charge < -0.3 is 14.8 Å². The maximum atomic E-state index is 6.08. The summed E-state index contributed by atoms with van der Waals surface area (Å²) in [7, 11) is 1.64. The van der Waals surface area contributed by atoms with Gasteiger partial charge in [0.1, 0.15) is 6.61 Å². The van der Waals surface area contributed by atoms with E-state index in [1.165, 1.54) is 11.1 Å². The fourth-order valence-electron chi connectivity index (χ4n) is 2.86. The zero-order valence-corrected chi connectivity index (χ0v) is 20.6. The molecule has 0 spiro atoms. The zero-order chi connectivity index (χ0) is 20.8. The van der Waals surface area contributed by atoms with Crippen molar-refractivity contribution in [2.24, 2.45) is 0 Å². The third kappa shape index (κ3) is 6.79. The van der Waals surface area contributed by atoms with E-state index in [0.29, 0.717) is 28.2 Å². The van der Waals surface area contributed by atoms with Crippen molar-refractivity contribution in [1.29, 1.82) is 0 Å². The number of halogens is 4. The first kappa shape index (κ1) is 24.8. The molecule has 0 unspecified atom stereocenters. The number of nitrogens with one attached hydrogen (secondary N) is 1. The van der Waals surface area contributed by atoms with Crippen molar-refractivity contribution in [2.45, 2.75) is 26.6 Å². The van der Waals surface area contributed by atoms with Crippen LogP contribution in [0.25, 0.3) is 0 Å². The van der Waals surface area contributed by atoms with Crippen LogP contribution in [0.5, 0.6) is 11.5 Å². The van der Waals surface area contributed by atoms with Crippen molar-refractivity contribution >= 4 is 51.5 Å². The summed E-state index contributed by atoms with van der Waals surface area (Å²) in [6, 6.07) is 18.0. The molecule has 160 valence electrons. The molecule has 0 aromatic heterocycles. The minimum Gasteiger partial charge on any atom is -0.493 e. The summed E-state index contributed by atoms with van der Waals surface area (Å²) in [5, 5.41) is 4.49. The molecule has 0 radical (unpaired) electrons. The number of hydrogen-bond donors (Lipinski definition) is 1. The molecule has 1 N–H and O–H groups in total. The second-order valence-electron chi connectivity index (χ2n) is 6.74. The van der Waals surface area contributed by atoms with Gasteiger partial charge in [-0.15, -0.1) is 12.4 Å². The van der Waals surface area contributed by atoms with E-state index in [9.17, 15) is 0 Å². The van der Waals surface area contributed by atoms with Crippen LogP contribution in [0.15, 0.2) is 59.1 Å². The minimum absolute atomic E-state index is 0. The molecule has 3 aromatic rings. The van der Waals surface area contributed by atoms with Gasteiger partial charge in [-0.3, -0.25) is 0 Å². The van der Waals surface area contributed by atoms with Crippen molar-refractivity contribution in [3.8, 4) is 11.5 Å². The lowest BCUT2D eigenvalue weighted by Gasteiger charge is -2.15. The van der Waals surface area contributed by atoms with Gasteiger partial charge in [-0.1, -0.05) is 59.1 Å². The Hall–Kier alpha value is -1.43. The summed E-state index contributed by atoms with van der Waals surface area (Å²) in [5.74, 6) is 1.33. The molecular formula is C23H23BrCl3NO2. The summed E-state index contributed by atoms with van der Waals surface area (Å²) in [4.78, 5) is 0. The Labute approximate surface area is 202 Å². The predicted octanol–water partition coefficient (Wildman–Crippen LogP) is 7.36. The van der Waals surface area contributed by atoms with Gasteiger partial charge in [0, 0.05) is 13.1 Å². The van der Waals surface area contributed by atoms with Crippen LogP contribution in [-0.2, 0) is 19.7 Å². The first-order valence-electron chi connectivity index (χ1n) is 9.15. The van der Waals surface area contributed by atoms with Gasteiger partial charge >= 0.3 is 0 Å². The molecule has 3 rings (SSSR count). The molecule has 0 saturated heterocycles. The highest BCUT2D eigenvalue weighted by molar-refractivity contribution is 9.10. The lowest BCUT2D eigenvalue weighted by Crippen LogP contribution is -2.13. The highest BCUT2D eigenvalue weighted by Crippen LogP contribution is 2.37. The largest absolute Gasteiger partial charge is 0.493 e. The van der Waals surface area contributed by atoms with E-state index >= 15 is 0 Å². The average Bonchev–Trinajstić information content (AvgIpc) is 2.71. The number of aryl methyl sites for hydroxylation is 1. The Morgan fingerprint density at radius 1 is 0.867 bits per heavy atom. The molecule has 3 aromatic carbocycles. The van der Waals surface area contributed by atoms with Crippen LogP contribution in [0.1, 0.15) is 22.3 Å². The fourth-order valence-corrected chi connectivity index (χ4v) is 3.78. The third-order valence-electron chi connectivity index (χ3n) is 4.44. The lowest BCUT2D eigenvalue weighted by atomic mass is 10.1. The van der Waals surface area contributed by atoms with E-state index < -0.39 is 0 Å². The van der Waals surface area contributed by atoms with Crippen molar-refractivity contribution < 1.29 is 9.47 Å².